The van der Waals surface area contributed by atoms with Crippen molar-refractivity contribution in [2.24, 2.45) is 19.1 Å². The van der Waals surface area contributed by atoms with Gasteiger partial charge in [0.05, 0.1) is 17.8 Å². The number of aromatic nitrogens is 3. The van der Waals surface area contributed by atoms with Crippen molar-refractivity contribution < 1.29 is 13.6 Å². The Hall–Kier alpha value is -3.67. The number of carbonyl (C=O) groups excluding carboxylic acids is 1. The Balaban J connectivity index is 1.81. The lowest BCUT2D eigenvalue weighted by Crippen LogP contribution is -2.42. The lowest BCUT2D eigenvalue weighted by molar-refractivity contribution is -0.115. The first kappa shape index (κ1) is 22.0. The third kappa shape index (κ3) is 4.28. The monoisotopic (exact) mass is 448 g/mol. The molecule has 0 aliphatic rings. The molecule has 31 heavy (non-hydrogen) atoms. The number of nitrogens with two attached hydrogens (primary N) is 1. The number of hydrogen-bond donors (Lipinski definition) is 2. The maximum absolute atomic E-state index is 13.4. The molecular weight excluding hydrogens is 430 g/mol. The van der Waals surface area contributed by atoms with Crippen molar-refractivity contribution in [3.05, 3.63) is 61.6 Å². The number of benzene rings is 1. The van der Waals surface area contributed by atoms with E-state index in [4.69, 9.17) is 5.73 Å². The van der Waals surface area contributed by atoms with Crippen LogP contribution in [0.3, 0.4) is 0 Å². The van der Waals surface area contributed by atoms with Crippen molar-refractivity contribution >= 4 is 33.9 Å². The minimum absolute atomic E-state index is 0.0381. The molecule has 0 unspecified atom stereocenters. The van der Waals surface area contributed by atoms with Gasteiger partial charge in [0, 0.05) is 32.1 Å². The Labute approximate surface area is 178 Å². The van der Waals surface area contributed by atoms with Crippen molar-refractivity contribution in [3.63, 3.8) is 0 Å². The van der Waals surface area contributed by atoms with Crippen molar-refractivity contribution in [1.82, 2.24) is 14.1 Å². The highest BCUT2D eigenvalue weighted by atomic mass is 32.1. The van der Waals surface area contributed by atoms with Gasteiger partial charge in [0.25, 0.3) is 5.56 Å². The van der Waals surface area contributed by atoms with E-state index in [9.17, 15) is 23.2 Å². The summed E-state index contributed by atoms with van der Waals surface area (Å²) in [6.45, 7) is 0. The topological polar surface area (TPSA) is 124 Å². The number of carbonyl (C=O) groups is 1. The average Bonchev–Trinajstić information content (AvgIpc) is 3.20. The first-order valence-corrected chi connectivity index (χ1v) is 9.74. The van der Waals surface area contributed by atoms with Crippen LogP contribution >= 0.6 is 11.3 Å². The molecule has 0 bridgehead atoms. The molecule has 0 saturated carbocycles. The van der Waals surface area contributed by atoms with E-state index in [-0.39, 0.29) is 28.6 Å². The van der Waals surface area contributed by atoms with E-state index in [1.165, 1.54) is 27.2 Å². The largest absolute Gasteiger partial charge is 0.384 e. The van der Waals surface area contributed by atoms with Crippen molar-refractivity contribution in [1.29, 1.82) is 0 Å². The standard InChI is InChI=1S/C19H18F2N6O3S/c1-23-12(15-16(22)26(2)19(30)27(3)17(15)29)7-14(28)25-18-24-13(8-31-18)9-4-5-10(20)11(21)6-9/h4-6,8H,7,22H2,1-3H3,(H,24,25,28). The Morgan fingerprint density at radius 2 is 1.94 bits per heavy atom. The molecule has 3 aromatic rings. The molecule has 9 nitrogen and oxygen atoms in total. The second kappa shape index (κ2) is 8.60. The van der Waals surface area contributed by atoms with E-state index in [2.05, 4.69) is 15.3 Å². The molecule has 2 aromatic heterocycles. The molecule has 1 aromatic carbocycles. The molecular formula is C19H18F2N6O3S. The highest BCUT2D eigenvalue weighted by Crippen LogP contribution is 2.26. The van der Waals surface area contributed by atoms with Crippen LogP contribution in [-0.4, -0.2) is 32.8 Å². The van der Waals surface area contributed by atoms with Gasteiger partial charge in [-0.2, -0.15) is 0 Å². The first-order chi connectivity index (χ1) is 14.6. The Kier molecular flexibility index (Phi) is 6.11. The number of nitrogens with zero attached hydrogens (tertiary/aromatic N) is 4. The highest BCUT2D eigenvalue weighted by molar-refractivity contribution is 7.14. The Morgan fingerprint density at radius 3 is 2.58 bits per heavy atom. The van der Waals surface area contributed by atoms with Gasteiger partial charge in [0.2, 0.25) is 5.91 Å². The number of nitrogens with one attached hydrogen (secondary N) is 1. The van der Waals surface area contributed by atoms with Gasteiger partial charge in [-0.1, -0.05) is 0 Å². The molecule has 0 spiro atoms. The predicted molar refractivity (Wildman–Crippen MR) is 115 cm³/mol. The third-order valence-corrected chi connectivity index (χ3v) is 5.32. The molecule has 0 fully saturated rings. The smallest absolute Gasteiger partial charge is 0.332 e. The number of anilines is 2. The molecule has 162 valence electrons. The second-order valence-corrected chi connectivity index (χ2v) is 7.39. The fraction of sp³-hybridized carbons (Fsp3) is 0.211. The zero-order valence-corrected chi connectivity index (χ0v) is 17.6. The summed E-state index contributed by atoms with van der Waals surface area (Å²) in [6, 6.07) is 3.37. The van der Waals surface area contributed by atoms with Crippen LogP contribution < -0.4 is 22.3 Å². The number of halogens is 2. The first-order valence-electron chi connectivity index (χ1n) is 8.86. The zero-order valence-electron chi connectivity index (χ0n) is 16.8. The van der Waals surface area contributed by atoms with Crippen LogP contribution in [0.25, 0.3) is 11.3 Å². The zero-order chi connectivity index (χ0) is 22.9. The van der Waals surface area contributed by atoms with Crippen molar-refractivity contribution in [3.8, 4) is 11.3 Å². The number of aliphatic imine (C=N–C) groups is 1. The van der Waals surface area contributed by atoms with Crippen LogP contribution in [0, 0.1) is 11.6 Å². The second-order valence-electron chi connectivity index (χ2n) is 6.53. The van der Waals surface area contributed by atoms with E-state index in [1.807, 2.05) is 0 Å². The lowest BCUT2D eigenvalue weighted by atomic mass is 10.1. The van der Waals surface area contributed by atoms with Gasteiger partial charge in [-0.25, -0.2) is 18.6 Å². The van der Waals surface area contributed by atoms with Crippen LogP contribution in [0.4, 0.5) is 19.7 Å². The van der Waals surface area contributed by atoms with Gasteiger partial charge in [-0.15, -0.1) is 11.3 Å². The number of thiazole rings is 1. The minimum atomic E-state index is -1.00. The Morgan fingerprint density at radius 1 is 1.23 bits per heavy atom. The van der Waals surface area contributed by atoms with Crippen LogP contribution in [0.15, 0.2) is 38.2 Å². The molecule has 0 atom stereocenters. The van der Waals surface area contributed by atoms with Gasteiger partial charge in [0.1, 0.15) is 11.4 Å². The summed E-state index contributed by atoms with van der Waals surface area (Å²) in [7, 11) is 4.11. The average molecular weight is 448 g/mol. The summed E-state index contributed by atoms with van der Waals surface area (Å²) in [6.07, 6.45) is -0.297. The predicted octanol–water partition coefficient (Wildman–Crippen LogP) is 1.52. The van der Waals surface area contributed by atoms with E-state index in [0.717, 1.165) is 32.6 Å². The van der Waals surface area contributed by atoms with Crippen LogP contribution in [0.2, 0.25) is 0 Å². The summed E-state index contributed by atoms with van der Waals surface area (Å²) < 4.78 is 28.5. The molecule has 3 N–H and O–H groups in total. The number of hydrogen-bond acceptors (Lipinski definition) is 7. The van der Waals surface area contributed by atoms with E-state index < -0.39 is 28.8 Å². The maximum atomic E-state index is 13.4. The SMILES string of the molecule is CN=C(CC(=O)Nc1nc(-c2ccc(F)c(F)c2)cs1)c1c(N)n(C)c(=O)n(C)c1=O. The Bertz CT molecular complexity index is 1330. The summed E-state index contributed by atoms with van der Waals surface area (Å²) in [5.74, 6) is -2.60. The third-order valence-electron chi connectivity index (χ3n) is 4.56. The summed E-state index contributed by atoms with van der Waals surface area (Å²) >= 11 is 1.09. The summed E-state index contributed by atoms with van der Waals surface area (Å²) in [5.41, 5.74) is 5.43. The van der Waals surface area contributed by atoms with Gasteiger partial charge in [-0.05, 0) is 18.2 Å². The van der Waals surface area contributed by atoms with E-state index in [0.29, 0.717) is 11.3 Å². The van der Waals surface area contributed by atoms with Gasteiger partial charge in [0.15, 0.2) is 16.8 Å². The van der Waals surface area contributed by atoms with Crippen LogP contribution in [0.1, 0.15) is 12.0 Å². The fourth-order valence-electron chi connectivity index (χ4n) is 2.85. The molecule has 12 heteroatoms. The lowest BCUT2D eigenvalue weighted by Gasteiger charge is -2.13. The number of amides is 1. The molecule has 0 radical (unpaired) electrons. The molecule has 0 saturated heterocycles. The van der Waals surface area contributed by atoms with E-state index >= 15 is 0 Å². The van der Waals surface area contributed by atoms with E-state index in [1.54, 1.807) is 5.38 Å². The van der Waals surface area contributed by atoms with Crippen molar-refractivity contribution in [2.75, 3.05) is 18.1 Å². The maximum Gasteiger partial charge on any atom is 0.332 e. The summed E-state index contributed by atoms with van der Waals surface area (Å²) in [5, 5.41) is 4.38. The van der Waals surface area contributed by atoms with Gasteiger partial charge in [-0.3, -0.25) is 23.7 Å². The molecule has 0 aliphatic heterocycles. The molecule has 3 rings (SSSR count). The highest BCUT2D eigenvalue weighted by Gasteiger charge is 2.21. The quantitative estimate of drug-likeness (QED) is 0.573. The van der Waals surface area contributed by atoms with Crippen molar-refractivity contribution in [2.45, 2.75) is 6.42 Å². The normalized spacial score (nSPS) is 11.6. The summed E-state index contributed by atoms with van der Waals surface area (Å²) in [4.78, 5) is 45.2. The minimum Gasteiger partial charge on any atom is -0.384 e. The van der Waals surface area contributed by atoms with Gasteiger partial charge < -0.3 is 11.1 Å². The molecule has 0 aliphatic carbocycles. The number of nitrogen functional groups attached to an aromatic ring is 1. The molecule has 2 heterocycles. The van der Waals surface area contributed by atoms with Crippen LogP contribution in [-0.2, 0) is 18.9 Å². The fourth-order valence-corrected chi connectivity index (χ4v) is 3.58. The van der Waals surface area contributed by atoms with Gasteiger partial charge >= 0.3 is 5.69 Å². The molecule has 1 amide bonds. The number of rotatable bonds is 5. The van der Waals surface area contributed by atoms with Crippen LogP contribution in [0.5, 0.6) is 0 Å².